The van der Waals surface area contributed by atoms with Crippen LogP contribution in [0.2, 0.25) is 0 Å². The van der Waals surface area contributed by atoms with Crippen LogP contribution in [0, 0.1) is 0 Å². The number of hydrogen-bond donors (Lipinski definition) is 1. The number of aromatic hydroxyl groups is 1. The molecule has 84 valence electrons. The first-order chi connectivity index (χ1) is 8.20. The van der Waals surface area contributed by atoms with E-state index in [4.69, 9.17) is 0 Å². The molecule has 2 heteroatoms. The number of carbonyl (C=O) groups is 1. The second-order valence-electron chi connectivity index (χ2n) is 3.69. The van der Waals surface area contributed by atoms with Gasteiger partial charge in [-0.15, -0.1) is 0 Å². The van der Waals surface area contributed by atoms with E-state index in [-0.39, 0.29) is 17.1 Å². The van der Waals surface area contributed by atoms with Crippen LogP contribution < -0.4 is 0 Å². The smallest absolute Gasteiger partial charge is 0.196 e. The van der Waals surface area contributed by atoms with Gasteiger partial charge in [-0.05, 0) is 17.7 Å². The predicted molar refractivity (Wildman–Crippen MR) is 67.9 cm³/mol. The highest BCUT2D eigenvalue weighted by Crippen LogP contribution is 2.23. The molecule has 2 rings (SSSR count). The van der Waals surface area contributed by atoms with Crippen LogP contribution in [0.4, 0.5) is 0 Å². The van der Waals surface area contributed by atoms with Crippen LogP contribution in [0.5, 0.6) is 5.75 Å². The summed E-state index contributed by atoms with van der Waals surface area (Å²) in [6.07, 6.45) is 0. The van der Waals surface area contributed by atoms with E-state index in [0.29, 0.717) is 5.57 Å². The number of rotatable bonds is 3. The van der Waals surface area contributed by atoms with Gasteiger partial charge in [0.05, 0.1) is 5.56 Å². The lowest BCUT2D eigenvalue weighted by Gasteiger charge is -2.06. The van der Waals surface area contributed by atoms with Crippen molar-refractivity contribution in [2.24, 2.45) is 0 Å². The van der Waals surface area contributed by atoms with Crippen molar-refractivity contribution in [1.82, 2.24) is 0 Å². The number of carbonyl (C=O) groups excluding carboxylic acids is 1. The molecule has 0 unspecified atom stereocenters. The van der Waals surface area contributed by atoms with Crippen molar-refractivity contribution in [3.63, 3.8) is 0 Å². The highest BCUT2D eigenvalue weighted by atomic mass is 16.3. The number of hydrogen-bond acceptors (Lipinski definition) is 2. The summed E-state index contributed by atoms with van der Waals surface area (Å²) in [6.45, 7) is 3.78. The summed E-state index contributed by atoms with van der Waals surface area (Å²) in [6, 6.07) is 15.7. The fraction of sp³-hybridized carbons (Fsp3) is 0. The zero-order valence-corrected chi connectivity index (χ0v) is 9.26. The number of para-hydroxylation sites is 1. The van der Waals surface area contributed by atoms with Crippen molar-refractivity contribution in [3.8, 4) is 5.75 Å². The maximum absolute atomic E-state index is 12.1. The van der Waals surface area contributed by atoms with Gasteiger partial charge in [0.2, 0.25) is 0 Å². The molecule has 0 aliphatic heterocycles. The van der Waals surface area contributed by atoms with Crippen LogP contribution in [0.25, 0.3) is 5.57 Å². The summed E-state index contributed by atoms with van der Waals surface area (Å²) in [5, 5.41) is 9.61. The predicted octanol–water partition coefficient (Wildman–Crippen LogP) is 3.29. The van der Waals surface area contributed by atoms with Gasteiger partial charge < -0.3 is 5.11 Å². The van der Waals surface area contributed by atoms with Gasteiger partial charge in [-0.1, -0.05) is 49.0 Å². The molecule has 0 aliphatic rings. The molecule has 0 atom stereocenters. The van der Waals surface area contributed by atoms with E-state index in [2.05, 4.69) is 6.58 Å². The van der Waals surface area contributed by atoms with E-state index in [0.717, 1.165) is 5.56 Å². The largest absolute Gasteiger partial charge is 0.507 e. The van der Waals surface area contributed by atoms with Crippen molar-refractivity contribution in [1.29, 1.82) is 0 Å². The average molecular weight is 224 g/mol. The third-order valence-corrected chi connectivity index (χ3v) is 2.55. The summed E-state index contributed by atoms with van der Waals surface area (Å²) in [5.74, 6) is -0.274. The van der Waals surface area contributed by atoms with Gasteiger partial charge in [0.1, 0.15) is 5.75 Å². The minimum absolute atomic E-state index is 0.0189. The molecule has 2 aromatic carbocycles. The monoisotopic (exact) mass is 224 g/mol. The first kappa shape index (κ1) is 11.1. The van der Waals surface area contributed by atoms with Crippen molar-refractivity contribution >= 4 is 11.4 Å². The average Bonchev–Trinajstić information content (AvgIpc) is 2.39. The van der Waals surface area contributed by atoms with Gasteiger partial charge in [-0.25, -0.2) is 0 Å². The first-order valence-electron chi connectivity index (χ1n) is 5.27. The molecule has 0 saturated heterocycles. The highest BCUT2D eigenvalue weighted by Gasteiger charge is 2.14. The molecule has 0 amide bonds. The SMILES string of the molecule is C=C(C(=O)c1ccccc1O)c1ccccc1. The fourth-order valence-corrected chi connectivity index (χ4v) is 1.60. The molecular formula is C15H12O2. The Morgan fingerprint density at radius 1 is 0.941 bits per heavy atom. The Morgan fingerprint density at radius 2 is 1.53 bits per heavy atom. The molecule has 1 N–H and O–H groups in total. The second-order valence-corrected chi connectivity index (χ2v) is 3.69. The third kappa shape index (κ3) is 2.26. The number of phenols is 1. The van der Waals surface area contributed by atoms with Crippen molar-refractivity contribution in [3.05, 3.63) is 72.3 Å². The summed E-state index contributed by atoms with van der Waals surface area (Å²) in [7, 11) is 0. The summed E-state index contributed by atoms with van der Waals surface area (Å²) >= 11 is 0. The molecular weight excluding hydrogens is 212 g/mol. The van der Waals surface area contributed by atoms with Crippen LogP contribution in [-0.4, -0.2) is 10.9 Å². The number of allylic oxidation sites excluding steroid dienone is 1. The minimum Gasteiger partial charge on any atom is -0.507 e. The summed E-state index contributed by atoms with van der Waals surface area (Å²) in [5.41, 5.74) is 1.43. The number of ketones is 1. The molecule has 0 bridgehead atoms. The Kier molecular flexibility index (Phi) is 3.06. The summed E-state index contributed by atoms with van der Waals surface area (Å²) < 4.78 is 0. The van der Waals surface area contributed by atoms with E-state index in [1.54, 1.807) is 18.2 Å². The van der Waals surface area contributed by atoms with Gasteiger partial charge in [0.25, 0.3) is 0 Å². The van der Waals surface area contributed by atoms with Gasteiger partial charge in [-0.3, -0.25) is 4.79 Å². The zero-order chi connectivity index (χ0) is 12.3. The van der Waals surface area contributed by atoms with Gasteiger partial charge >= 0.3 is 0 Å². The Bertz CT molecular complexity index is 556. The molecule has 17 heavy (non-hydrogen) atoms. The molecule has 2 nitrogen and oxygen atoms in total. The van der Waals surface area contributed by atoms with E-state index >= 15 is 0 Å². The molecule has 0 heterocycles. The maximum Gasteiger partial charge on any atom is 0.196 e. The molecule has 0 aliphatic carbocycles. The van der Waals surface area contributed by atoms with Gasteiger partial charge in [0, 0.05) is 5.57 Å². The van der Waals surface area contributed by atoms with Crippen LogP contribution in [0.1, 0.15) is 15.9 Å². The van der Waals surface area contributed by atoms with Crippen molar-refractivity contribution in [2.45, 2.75) is 0 Å². The van der Waals surface area contributed by atoms with E-state index in [1.165, 1.54) is 6.07 Å². The lowest BCUT2D eigenvalue weighted by Crippen LogP contribution is -2.01. The molecule has 2 aromatic rings. The lowest BCUT2D eigenvalue weighted by atomic mass is 9.98. The molecule has 0 radical (unpaired) electrons. The van der Waals surface area contributed by atoms with Gasteiger partial charge in [-0.2, -0.15) is 0 Å². The number of Topliss-reactive ketones (excluding diaryl/α,β-unsaturated/α-hetero) is 1. The maximum atomic E-state index is 12.1. The lowest BCUT2D eigenvalue weighted by molar-refractivity contribution is 0.105. The minimum atomic E-state index is -0.255. The van der Waals surface area contributed by atoms with E-state index in [1.807, 2.05) is 30.3 Å². The van der Waals surface area contributed by atoms with Crippen LogP contribution in [0.3, 0.4) is 0 Å². The Hall–Kier alpha value is -2.35. The standard InChI is InChI=1S/C15H12O2/c1-11(12-7-3-2-4-8-12)15(17)13-9-5-6-10-14(13)16/h2-10,16H,1H2. The number of benzene rings is 2. The number of phenolic OH excluding ortho intramolecular Hbond substituents is 1. The van der Waals surface area contributed by atoms with E-state index < -0.39 is 0 Å². The van der Waals surface area contributed by atoms with Crippen LogP contribution in [0.15, 0.2) is 61.2 Å². The molecule has 0 aromatic heterocycles. The van der Waals surface area contributed by atoms with E-state index in [9.17, 15) is 9.90 Å². The van der Waals surface area contributed by atoms with Crippen LogP contribution in [-0.2, 0) is 0 Å². The fourth-order valence-electron chi connectivity index (χ4n) is 1.60. The first-order valence-corrected chi connectivity index (χ1v) is 5.27. The zero-order valence-electron chi connectivity index (χ0n) is 9.26. The molecule has 0 fully saturated rings. The van der Waals surface area contributed by atoms with Crippen molar-refractivity contribution < 1.29 is 9.90 Å². The topological polar surface area (TPSA) is 37.3 Å². The molecule has 0 spiro atoms. The molecule has 0 saturated carbocycles. The van der Waals surface area contributed by atoms with Gasteiger partial charge in [0.15, 0.2) is 5.78 Å². The van der Waals surface area contributed by atoms with Crippen molar-refractivity contribution in [2.75, 3.05) is 0 Å². The normalized spacial score (nSPS) is 9.88. The second kappa shape index (κ2) is 4.66. The Morgan fingerprint density at radius 3 is 2.18 bits per heavy atom. The Balaban J connectivity index is 2.34. The highest BCUT2D eigenvalue weighted by molar-refractivity contribution is 6.29. The summed E-state index contributed by atoms with van der Waals surface area (Å²) in [4.78, 5) is 12.1. The quantitative estimate of drug-likeness (QED) is 0.641. The third-order valence-electron chi connectivity index (χ3n) is 2.55. The van der Waals surface area contributed by atoms with Crippen LogP contribution >= 0.6 is 0 Å². The Labute approximate surface area is 99.8 Å².